The summed E-state index contributed by atoms with van der Waals surface area (Å²) in [6.45, 7) is 2.89. The monoisotopic (exact) mass is 461 g/mol. The number of benzene rings is 2. The first-order chi connectivity index (χ1) is 15.1. The van der Waals surface area contributed by atoms with Crippen molar-refractivity contribution in [1.29, 1.82) is 0 Å². The van der Waals surface area contributed by atoms with Gasteiger partial charge in [0.2, 0.25) is 11.9 Å². The highest BCUT2D eigenvalue weighted by Crippen LogP contribution is 2.27. The number of nitrogens with zero attached hydrogens (tertiary/aromatic N) is 4. The van der Waals surface area contributed by atoms with Crippen molar-refractivity contribution in [3.63, 3.8) is 0 Å². The topological polar surface area (TPSA) is 72.3 Å². The summed E-state index contributed by atoms with van der Waals surface area (Å²) in [5.74, 6) is 0.258. The van der Waals surface area contributed by atoms with Gasteiger partial charge in [0.15, 0.2) is 5.16 Å². The van der Waals surface area contributed by atoms with E-state index in [4.69, 9.17) is 16.3 Å². The van der Waals surface area contributed by atoms with Gasteiger partial charge < -0.3 is 15.0 Å². The van der Waals surface area contributed by atoms with Crippen LogP contribution in [0.5, 0.6) is 0 Å². The summed E-state index contributed by atoms with van der Waals surface area (Å²) in [5, 5.41) is 12.6. The van der Waals surface area contributed by atoms with E-state index < -0.39 is 0 Å². The molecule has 7 nitrogen and oxygen atoms in total. The highest BCUT2D eigenvalue weighted by atomic mass is 35.5. The Kier molecular flexibility index (Phi) is 7.06. The van der Waals surface area contributed by atoms with Crippen molar-refractivity contribution in [3.8, 4) is 5.69 Å². The van der Waals surface area contributed by atoms with Gasteiger partial charge in [-0.3, -0.25) is 9.36 Å². The maximum Gasteiger partial charge on any atom is 0.232 e. The van der Waals surface area contributed by atoms with Crippen molar-refractivity contribution in [3.05, 3.63) is 64.9 Å². The maximum atomic E-state index is 13.9. The zero-order chi connectivity index (χ0) is 21.6. The van der Waals surface area contributed by atoms with Crippen LogP contribution in [-0.2, 0) is 16.1 Å². The molecule has 0 radical (unpaired) electrons. The Bertz CT molecular complexity index is 1060. The minimum atomic E-state index is -0.352. The summed E-state index contributed by atoms with van der Waals surface area (Å²) in [4.78, 5) is 14.4. The van der Waals surface area contributed by atoms with E-state index in [0.29, 0.717) is 54.7 Å². The fourth-order valence-corrected chi connectivity index (χ4v) is 4.18. The summed E-state index contributed by atoms with van der Waals surface area (Å²) >= 11 is 7.23. The largest absolute Gasteiger partial charge is 0.378 e. The lowest BCUT2D eigenvalue weighted by atomic mass is 10.2. The lowest BCUT2D eigenvalue weighted by Gasteiger charge is -2.27. The standard InChI is InChI=1S/C21H21ClFN5O2S/c22-16-4-1-3-15(11-16)13-24-19(29)14-31-21-26-25-20(27-7-9-30-10-8-27)28(21)18-6-2-5-17(23)12-18/h1-6,11-12H,7-10,13-14H2,(H,24,29). The number of carbonyl (C=O) groups is 1. The molecule has 1 fully saturated rings. The first-order valence-corrected chi connectivity index (χ1v) is 11.1. The molecule has 2 aromatic carbocycles. The zero-order valence-corrected chi connectivity index (χ0v) is 18.2. The van der Waals surface area contributed by atoms with Gasteiger partial charge in [-0.1, -0.05) is 41.6 Å². The third kappa shape index (κ3) is 5.55. The minimum Gasteiger partial charge on any atom is -0.378 e. The van der Waals surface area contributed by atoms with Gasteiger partial charge in [-0.25, -0.2) is 4.39 Å². The van der Waals surface area contributed by atoms with Crippen molar-refractivity contribution in [2.75, 3.05) is 37.0 Å². The normalized spacial score (nSPS) is 13.9. The van der Waals surface area contributed by atoms with E-state index in [-0.39, 0.29) is 17.5 Å². The average molecular weight is 462 g/mol. The van der Waals surface area contributed by atoms with Crippen molar-refractivity contribution >= 4 is 35.2 Å². The molecule has 1 aromatic heterocycles. The van der Waals surface area contributed by atoms with E-state index in [1.807, 2.05) is 23.1 Å². The second kappa shape index (κ2) is 10.1. The Balaban J connectivity index is 1.48. The van der Waals surface area contributed by atoms with E-state index in [2.05, 4.69) is 15.5 Å². The summed E-state index contributed by atoms with van der Waals surface area (Å²) in [7, 11) is 0. The van der Waals surface area contributed by atoms with E-state index in [1.54, 1.807) is 22.8 Å². The molecule has 0 atom stereocenters. The number of anilines is 1. The number of amides is 1. The fraction of sp³-hybridized carbons (Fsp3) is 0.286. The smallest absolute Gasteiger partial charge is 0.232 e. The van der Waals surface area contributed by atoms with E-state index >= 15 is 0 Å². The Labute approximate surface area is 188 Å². The minimum absolute atomic E-state index is 0.147. The third-order valence-corrected chi connectivity index (χ3v) is 5.85. The van der Waals surface area contributed by atoms with Crippen LogP contribution in [0.25, 0.3) is 5.69 Å². The van der Waals surface area contributed by atoms with Gasteiger partial charge in [-0.2, -0.15) is 0 Å². The van der Waals surface area contributed by atoms with Crippen molar-refractivity contribution in [1.82, 2.24) is 20.1 Å². The van der Waals surface area contributed by atoms with Gasteiger partial charge in [0.1, 0.15) is 5.82 Å². The van der Waals surface area contributed by atoms with Crippen LogP contribution in [0.2, 0.25) is 5.02 Å². The number of thioether (sulfide) groups is 1. The first-order valence-electron chi connectivity index (χ1n) is 9.78. The molecule has 31 heavy (non-hydrogen) atoms. The molecular weight excluding hydrogens is 441 g/mol. The van der Waals surface area contributed by atoms with Gasteiger partial charge in [-0.15, -0.1) is 10.2 Å². The summed E-state index contributed by atoms with van der Waals surface area (Å²) in [5.41, 5.74) is 1.52. The summed E-state index contributed by atoms with van der Waals surface area (Å²) in [6, 6.07) is 13.6. The predicted molar refractivity (Wildman–Crippen MR) is 118 cm³/mol. The molecule has 10 heteroatoms. The number of ether oxygens (including phenoxy) is 1. The Hall–Kier alpha value is -2.62. The van der Waals surface area contributed by atoms with E-state index in [1.165, 1.54) is 23.9 Å². The quantitative estimate of drug-likeness (QED) is 0.544. The first kappa shape index (κ1) is 21.6. The molecule has 1 N–H and O–H groups in total. The number of aromatic nitrogens is 3. The number of rotatable bonds is 7. The second-order valence-electron chi connectivity index (χ2n) is 6.89. The van der Waals surface area contributed by atoms with Crippen LogP contribution in [0.3, 0.4) is 0 Å². The Morgan fingerprint density at radius 1 is 1.16 bits per heavy atom. The van der Waals surface area contributed by atoms with E-state index in [0.717, 1.165) is 5.56 Å². The van der Waals surface area contributed by atoms with Crippen LogP contribution in [0.4, 0.5) is 10.3 Å². The molecule has 162 valence electrons. The van der Waals surface area contributed by atoms with E-state index in [9.17, 15) is 9.18 Å². The molecule has 3 aromatic rings. The zero-order valence-electron chi connectivity index (χ0n) is 16.6. The molecular formula is C21H21ClFN5O2S. The predicted octanol–water partition coefficient (Wildman–Crippen LogP) is 3.30. The lowest BCUT2D eigenvalue weighted by molar-refractivity contribution is -0.118. The highest BCUT2D eigenvalue weighted by molar-refractivity contribution is 7.99. The molecule has 0 spiro atoms. The molecule has 0 bridgehead atoms. The van der Waals surface area contributed by atoms with Crippen LogP contribution >= 0.6 is 23.4 Å². The third-order valence-electron chi connectivity index (χ3n) is 4.69. The van der Waals surface area contributed by atoms with Crippen LogP contribution < -0.4 is 10.2 Å². The average Bonchev–Trinajstić information content (AvgIpc) is 3.21. The van der Waals surface area contributed by atoms with Crippen molar-refractivity contribution in [2.24, 2.45) is 0 Å². The van der Waals surface area contributed by atoms with Gasteiger partial charge in [0.05, 0.1) is 24.7 Å². The fourth-order valence-electron chi connectivity index (χ4n) is 3.19. The van der Waals surface area contributed by atoms with Gasteiger partial charge in [0, 0.05) is 24.7 Å². The molecule has 0 saturated carbocycles. The molecule has 1 amide bonds. The SMILES string of the molecule is O=C(CSc1nnc(N2CCOCC2)n1-c1cccc(F)c1)NCc1cccc(Cl)c1. The molecule has 2 heterocycles. The molecule has 1 aliphatic rings. The molecule has 1 saturated heterocycles. The van der Waals surface area contributed by atoms with Crippen molar-refractivity contribution in [2.45, 2.75) is 11.7 Å². The van der Waals surface area contributed by atoms with Gasteiger partial charge in [0.25, 0.3) is 0 Å². The number of hydrogen-bond donors (Lipinski definition) is 1. The van der Waals surface area contributed by atoms with Crippen molar-refractivity contribution < 1.29 is 13.9 Å². The number of halogens is 2. The highest BCUT2D eigenvalue weighted by Gasteiger charge is 2.22. The van der Waals surface area contributed by atoms with Gasteiger partial charge >= 0.3 is 0 Å². The number of morpholine rings is 1. The number of hydrogen-bond acceptors (Lipinski definition) is 6. The lowest BCUT2D eigenvalue weighted by Crippen LogP contribution is -2.37. The Morgan fingerprint density at radius 3 is 2.74 bits per heavy atom. The van der Waals surface area contributed by atoms with Crippen LogP contribution in [0.1, 0.15) is 5.56 Å². The maximum absolute atomic E-state index is 13.9. The summed E-state index contributed by atoms with van der Waals surface area (Å²) < 4.78 is 21.1. The molecule has 0 unspecified atom stereocenters. The van der Waals surface area contributed by atoms with Gasteiger partial charge in [-0.05, 0) is 35.9 Å². The van der Waals surface area contributed by atoms with Crippen LogP contribution in [-0.4, -0.2) is 52.7 Å². The van der Waals surface area contributed by atoms with Crippen LogP contribution in [0.15, 0.2) is 53.7 Å². The molecule has 4 rings (SSSR count). The number of nitrogens with one attached hydrogen (secondary N) is 1. The Morgan fingerprint density at radius 2 is 1.97 bits per heavy atom. The second-order valence-corrected chi connectivity index (χ2v) is 8.27. The van der Waals surface area contributed by atoms with Crippen LogP contribution in [0, 0.1) is 5.82 Å². The molecule has 0 aliphatic carbocycles. The number of carbonyl (C=O) groups excluding carboxylic acids is 1. The molecule has 1 aliphatic heterocycles. The summed E-state index contributed by atoms with van der Waals surface area (Å²) in [6.07, 6.45) is 0.